The van der Waals surface area contributed by atoms with Crippen LogP contribution in [0.4, 0.5) is 10.1 Å². The number of amides is 1. The van der Waals surface area contributed by atoms with E-state index in [0.717, 1.165) is 30.6 Å². The summed E-state index contributed by atoms with van der Waals surface area (Å²) >= 11 is 0. The Bertz CT molecular complexity index is 676. The van der Waals surface area contributed by atoms with Gasteiger partial charge in [0.2, 0.25) is 5.91 Å². The van der Waals surface area contributed by atoms with E-state index in [1.165, 1.54) is 19.1 Å². The lowest BCUT2D eigenvalue weighted by Gasteiger charge is -2.35. The van der Waals surface area contributed by atoms with Crippen LogP contribution in [0.3, 0.4) is 0 Å². The van der Waals surface area contributed by atoms with E-state index in [1.54, 1.807) is 6.07 Å². The van der Waals surface area contributed by atoms with Crippen molar-refractivity contribution in [2.45, 2.75) is 32.7 Å². The highest BCUT2D eigenvalue weighted by Crippen LogP contribution is 2.24. The largest absolute Gasteiger partial charge is 0.369 e. The molecule has 0 aromatic heterocycles. The van der Waals surface area contributed by atoms with Gasteiger partial charge in [0.25, 0.3) is 0 Å². The van der Waals surface area contributed by atoms with Crippen LogP contribution in [0.5, 0.6) is 0 Å². The molecule has 1 atom stereocenters. The second kappa shape index (κ2) is 7.29. The zero-order chi connectivity index (χ0) is 17.0. The number of piperidine rings is 1. The Hall–Kier alpha value is -1.63. The standard InChI is InChI=1S/C16H23FN2O3S/c1-3-23(21,22)11-16(20)18-14-5-4-8-19(10-14)15-7-6-13(17)9-12(15)2/h6-7,9,14H,3-5,8,10-11H2,1-2H3,(H,18,20)/t14-/m1/s1. The van der Waals surface area contributed by atoms with Crippen molar-refractivity contribution < 1.29 is 17.6 Å². The fourth-order valence-corrected chi connectivity index (χ4v) is 3.55. The van der Waals surface area contributed by atoms with Crippen LogP contribution in [-0.4, -0.2) is 45.0 Å². The van der Waals surface area contributed by atoms with E-state index in [4.69, 9.17) is 0 Å². The lowest BCUT2D eigenvalue weighted by atomic mass is 10.0. The summed E-state index contributed by atoms with van der Waals surface area (Å²) in [4.78, 5) is 14.0. The molecule has 23 heavy (non-hydrogen) atoms. The van der Waals surface area contributed by atoms with E-state index in [1.807, 2.05) is 6.92 Å². The first-order valence-electron chi connectivity index (χ1n) is 7.81. The first-order valence-corrected chi connectivity index (χ1v) is 9.64. The maximum Gasteiger partial charge on any atom is 0.235 e. The monoisotopic (exact) mass is 342 g/mol. The SMILES string of the molecule is CCS(=O)(=O)CC(=O)N[C@@H]1CCCN(c2ccc(F)cc2C)C1. The third-order valence-corrected chi connectivity index (χ3v) is 5.66. The normalized spacial score (nSPS) is 18.7. The molecule has 0 spiro atoms. The molecular formula is C16H23FN2O3S. The Balaban J connectivity index is 1.99. The fourth-order valence-electron chi connectivity index (χ4n) is 2.86. The Labute approximate surface area is 136 Å². The van der Waals surface area contributed by atoms with Crippen molar-refractivity contribution in [3.63, 3.8) is 0 Å². The lowest BCUT2D eigenvalue weighted by Crippen LogP contribution is -2.49. The quantitative estimate of drug-likeness (QED) is 0.884. The zero-order valence-corrected chi connectivity index (χ0v) is 14.3. The van der Waals surface area contributed by atoms with Gasteiger partial charge in [0, 0.05) is 30.6 Å². The number of carbonyl (C=O) groups is 1. The summed E-state index contributed by atoms with van der Waals surface area (Å²) in [6.45, 7) is 4.83. The number of hydrogen-bond acceptors (Lipinski definition) is 4. The summed E-state index contributed by atoms with van der Waals surface area (Å²) < 4.78 is 36.2. The molecule has 1 saturated heterocycles. The molecular weight excluding hydrogens is 319 g/mol. The molecule has 1 amide bonds. The van der Waals surface area contributed by atoms with Crippen molar-refractivity contribution in [2.24, 2.45) is 0 Å². The minimum Gasteiger partial charge on any atom is -0.369 e. The Morgan fingerprint density at radius 2 is 2.17 bits per heavy atom. The minimum absolute atomic E-state index is 0.0357. The van der Waals surface area contributed by atoms with Gasteiger partial charge in [-0.15, -0.1) is 0 Å². The average molecular weight is 342 g/mol. The van der Waals surface area contributed by atoms with Crippen LogP contribution in [0.15, 0.2) is 18.2 Å². The summed E-state index contributed by atoms with van der Waals surface area (Å²) in [5, 5.41) is 2.81. The molecule has 0 aliphatic carbocycles. The van der Waals surface area contributed by atoms with E-state index in [-0.39, 0.29) is 17.6 Å². The van der Waals surface area contributed by atoms with Crippen LogP contribution in [0.2, 0.25) is 0 Å². The van der Waals surface area contributed by atoms with Gasteiger partial charge in [-0.1, -0.05) is 6.92 Å². The number of hydrogen-bond donors (Lipinski definition) is 1. The van der Waals surface area contributed by atoms with Crippen LogP contribution in [0.25, 0.3) is 0 Å². The minimum atomic E-state index is -3.31. The van der Waals surface area contributed by atoms with E-state index >= 15 is 0 Å². The molecule has 1 fully saturated rings. The summed E-state index contributed by atoms with van der Waals surface area (Å²) in [5.41, 5.74) is 1.80. The van der Waals surface area contributed by atoms with Gasteiger partial charge < -0.3 is 10.2 Å². The van der Waals surface area contributed by atoms with Crippen molar-refractivity contribution in [1.29, 1.82) is 0 Å². The van der Waals surface area contributed by atoms with Crippen LogP contribution < -0.4 is 10.2 Å². The van der Waals surface area contributed by atoms with Crippen LogP contribution in [0.1, 0.15) is 25.3 Å². The number of rotatable bonds is 5. The summed E-state index contributed by atoms with van der Waals surface area (Å²) in [7, 11) is -3.31. The van der Waals surface area contributed by atoms with Gasteiger partial charge in [0.15, 0.2) is 9.84 Å². The zero-order valence-electron chi connectivity index (χ0n) is 13.5. The van der Waals surface area contributed by atoms with Crippen molar-refractivity contribution in [3.05, 3.63) is 29.6 Å². The maximum absolute atomic E-state index is 13.2. The number of benzene rings is 1. The predicted octanol–water partition coefficient (Wildman–Crippen LogP) is 1.65. The second-order valence-corrected chi connectivity index (χ2v) is 8.31. The number of halogens is 1. The molecule has 0 bridgehead atoms. The smallest absolute Gasteiger partial charge is 0.235 e. The fraction of sp³-hybridized carbons (Fsp3) is 0.562. The summed E-state index contributed by atoms with van der Waals surface area (Å²) in [6, 6.07) is 4.58. The third-order valence-electron chi connectivity index (χ3n) is 4.08. The highest BCUT2D eigenvalue weighted by Gasteiger charge is 2.24. The molecule has 1 N–H and O–H groups in total. The molecule has 0 radical (unpaired) electrons. The predicted molar refractivity (Wildman–Crippen MR) is 88.8 cm³/mol. The highest BCUT2D eigenvalue weighted by atomic mass is 32.2. The third kappa shape index (κ3) is 4.92. The average Bonchev–Trinajstić information content (AvgIpc) is 2.46. The first-order chi connectivity index (χ1) is 10.8. The van der Waals surface area contributed by atoms with Crippen molar-refractivity contribution in [3.8, 4) is 0 Å². The van der Waals surface area contributed by atoms with Gasteiger partial charge in [0.1, 0.15) is 11.6 Å². The van der Waals surface area contributed by atoms with Gasteiger partial charge in [-0.2, -0.15) is 0 Å². The molecule has 2 rings (SSSR count). The highest BCUT2D eigenvalue weighted by molar-refractivity contribution is 7.92. The number of sulfone groups is 1. The first kappa shape index (κ1) is 17.7. The van der Waals surface area contributed by atoms with Gasteiger partial charge in [-0.05, 0) is 43.5 Å². The number of nitrogens with one attached hydrogen (secondary N) is 1. The molecule has 1 aliphatic heterocycles. The van der Waals surface area contributed by atoms with Gasteiger partial charge >= 0.3 is 0 Å². The molecule has 5 nitrogen and oxygen atoms in total. The van der Waals surface area contributed by atoms with Gasteiger partial charge in [0.05, 0.1) is 0 Å². The molecule has 7 heteroatoms. The number of anilines is 1. The van der Waals surface area contributed by atoms with E-state index in [9.17, 15) is 17.6 Å². The number of carbonyl (C=O) groups excluding carboxylic acids is 1. The van der Waals surface area contributed by atoms with Crippen molar-refractivity contribution in [2.75, 3.05) is 29.5 Å². The molecule has 128 valence electrons. The van der Waals surface area contributed by atoms with E-state index < -0.39 is 21.5 Å². The molecule has 0 unspecified atom stereocenters. The topological polar surface area (TPSA) is 66.5 Å². The molecule has 0 saturated carbocycles. The second-order valence-electron chi connectivity index (χ2n) is 5.96. The Morgan fingerprint density at radius 3 is 2.83 bits per heavy atom. The van der Waals surface area contributed by atoms with Crippen LogP contribution in [-0.2, 0) is 14.6 Å². The van der Waals surface area contributed by atoms with Crippen LogP contribution in [0, 0.1) is 12.7 Å². The molecule has 1 aromatic rings. The maximum atomic E-state index is 13.2. The molecule has 1 aliphatic rings. The Morgan fingerprint density at radius 1 is 1.43 bits per heavy atom. The number of nitrogens with zero attached hydrogens (tertiary/aromatic N) is 1. The van der Waals surface area contributed by atoms with Crippen molar-refractivity contribution >= 4 is 21.4 Å². The molecule has 1 heterocycles. The number of aryl methyl sites for hydroxylation is 1. The van der Waals surface area contributed by atoms with Gasteiger partial charge in [-0.3, -0.25) is 4.79 Å². The van der Waals surface area contributed by atoms with Gasteiger partial charge in [-0.25, -0.2) is 12.8 Å². The summed E-state index contributed by atoms with van der Waals surface area (Å²) in [5.74, 6) is -1.21. The lowest BCUT2D eigenvalue weighted by molar-refractivity contribution is -0.119. The van der Waals surface area contributed by atoms with E-state index in [2.05, 4.69) is 10.2 Å². The van der Waals surface area contributed by atoms with Crippen molar-refractivity contribution in [1.82, 2.24) is 5.32 Å². The Kier molecular flexibility index (Phi) is 5.62. The van der Waals surface area contributed by atoms with E-state index in [0.29, 0.717) is 6.54 Å². The molecule has 1 aromatic carbocycles. The van der Waals surface area contributed by atoms with Crippen LogP contribution >= 0.6 is 0 Å². The summed E-state index contributed by atoms with van der Waals surface area (Å²) in [6.07, 6.45) is 1.71.